The molecule has 0 radical (unpaired) electrons. The third kappa shape index (κ3) is 3.28. The number of ether oxygens (including phenoxy) is 2. The molecule has 25 heavy (non-hydrogen) atoms. The zero-order chi connectivity index (χ0) is 18.2. The van der Waals surface area contributed by atoms with Crippen LogP contribution in [0.4, 0.5) is 13.2 Å². The molecule has 0 fully saturated rings. The van der Waals surface area contributed by atoms with Crippen molar-refractivity contribution in [2.24, 2.45) is 0 Å². The third-order valence-corrected chi connectivity index (χ3v) is 3.83. The number of hydrogen-bond acceptors (Lipinski definition) is 4. The van der Waals surface area contributed by atoms with Crippen LogP contribution in [0.25, 0.3) is 22.3 Å². The molecule has 132 valence electrons. The van der Waals surface area contributed by atoms with E-state index in [1.165, 1.54) is 14.2 Å². The van der Waals surface area contributed by atoms with E-state index in [1.54, 1.807) is 36.4 Å². The molecule has 0 spiro atoms. The van der Waals surface area contributed by atoms with Gasteiger partial charge in [-0.1, -0.05) is 0 Å². The van der Waals surface area contributed by atoms with Crippen molar-refractivity contribution in [2.75, 3.05) is 14.2 Å². The molecule has 0 aliphatic rings. The molecule has 1 aromatic heterocycles. The molecule has 2 aromatic carbocycles. The smallest absolute Gasteiger partial charge is 0.418 e. The number of furan rings is 1. The Balaban J connectivity index is 2.15. The van der Waals surface area contributed by atoms with E-state index in [0.717, 1.165) is 6.07 Å². The van der Waals surface area contributed by atoms with Gasteiger partial charge in [0.05, 0.1) is 14.2 Å². The number of alkyl halides is 3. The van der Waals surface area contributed by atoms with Gasteiger partial charge in [0.15, 0.2) is 6.10 Å². The largest absolute Gasteiger partial charge is 0.497 e. The molecule has 0 aliphatic carbocycles. The minimum Gasteiger partial charge on any atom is -0.497 e. The van der Waals surface area contributed by atoms with Crippen molar-refractivity contribution in [3.05, 3.63) is 48.0 Å². The van der Waals surface area contributed by atoms with E-state index >= 15 is 0 Å². The summed E-state index contributed by atoms with van der Waals surface area (Å²) in [5.41, 5.74) is 0.251. The van der Waals surface area contributed by atoms with Crippen molar-refractivity contribution >= 4 is 11.0 Å². The number of aliphatic hydroxyl groups excluding tert-OH is 1. The van der Waals surface area contributed by atoms with Gasteiger partial charge in [-0.2, -0.15) is 13.2 Å². The van der Waals surface area contributed by atoms with Gasteiger partial charge >= 0.3 is 6.18 Å². The molecule has 0 saturated carbocycles. The Labute approximate surface area is 141 Å². The highest BCUT2D eigenvalue weighted by Crippen LogP contribution is 2.40. The number of aliphatic hydroxyl groups is 1. The lowest BCUT2D eigenvalue weighted by molar-refractivity contribution is -0.206. The molecule has 1 N–H and O–H groups in total. The van der Waals surface area contributed by atoms with Crippen LogP contribution >= 0.6 is 0 Å². The van der Waals surface area contributed by atoms with Gasteiger partial charge in [0, 0.05) is 16.5 Å². The van der Waals surface area contributed by atoms with Crippen LogP contribution in [-0.2, 0) is 0 Å². The van der Waals surface area contributed by atoms with E-state index in [4.69, 9.17) is 13.9 Å². The standard InChI is InChI=1S/C18H15F3O4/c1-23-12-5-3-10(4-6-12)15-8-11-7-13(24-2)9-14(16(11)25-15)17(22)18(19,20)21/h3-9,17,22H,1-2H3. The number of methoxy groups -OCH3 is 2. The molecule has 0 bridgehead atoms. The maximum atomic E-state index is 13.0. The first-order valence-electron chi connectivity index (χ1n) is 7.34. The van der Waals surface area contributed by atoms with Crippen molar-refractivity contribution in [1.29, 1.82) is 0 Å². The number of rotatable bonds is 4. The Kier molecular flexibility index (Phi) is 4.34. The average Bonchev–Trinajstić information content (AvgIpc) is 3.03. The molecule has 1 heterocycles. The summed E-state index contributed by atoms with van der Waals surface area (Å²) < 4.78 is 54.6. The minimum absolute atomic E-state index is 0.0311. The summed E-state index contributed by atoms with van der Waals surface area (Å²) in [6, 6.07) is 11.2. The first-order valence-corrected chi connectivity index (χ1v) is 7.34. The van der Waals surface area contributed by atoms with E-state index in [-0.39, 0.29) is 16.9 Å². The Morgan fingerprint density at radius 2 is 1.60 bits per heavy atom. The van der Waals surface area contributed by atoms with Crippen molar-refractivity contribution in [3.8, 4) is 22.8 Å². The Morgan fingerprint density at radius 3 is 2.16 bits per heavy atom. The Hall–Kier alpha value is -2.67. The monoisotopic (exact) mass is 352 g/mol. The number of benzene rings is 2. The zero-order valence-corrected chi connectivity index (χ0v) is 13.4. The van der Waals surface area contributed by atoms with Gasteiger partial charge in [0.2, 0.25) is 0 Å². The van der Waals surface area contributed by atoms with Gasteiger partial charge in [0.25, 0.3) is 0 Å². The molecule has 4 nitrogen and oxygen atoms in total. The molecule has 0 amide bonds. The Morgan fingerprint density at radius 1 is 0.960 bits per heavy atom. The SMILES string of the molecule is COc1ccc(-c2cc3cc(OC)cc(C(O)C(F)(F)F)c3o2)cc1. The van der Waals surface area contributed by atoms with Crippen LogP contribution in [0.2, 0.25) is 0 Å². The predicted molar refractivity (Wildman–Crippen MR) is 85.8 cm³/mol. The summed E-state index contributed by atoms with van der Waals surface area (Å²) in [5, 5.41) is 10.1. The lowest BCUT2D eigenvalue weighted by Crippen LogP contribution is -2.20. The van der Waals surface area contributed by atoms with Crippen LogP contribution in [-0.4, -0.2) is 25.5 Å². The molecule has 3 aromatic rings. The van der Waals surface area contributed by atoms with E-state index in [0.29, 0.717) is 22.5 Å². The van der Waals surface area contributed by atoms with E-state index in [9.17, 15) is 18.3 Å². The van der Waals surface area contributed by atoms with Crippen LogP contribution in [0.1, 0.15) is 11.7 Å². The van der Waals surface area contributed by atoms with Crippen molar-refractivity contribution in [3.63, 3.8) is 0 Å². The number of fused-ring (bicyclic) bond motifs is 1. The maximum absolute atomic E-state index is 13.0. The summed E-state index contributed by atoms with van der Waals surface area (Å²) in [4.78, 5) is 0. The van der Waals surface area contributed by atoms with Crippen molar-refractivity contribution in [2.45, 2.75) is 12.3 Å². The summed E-state index contributed by atoms with van der Waals surface area (Å²) in [6.07, 6.45) is -7.48. The van der Waals surface area contributed by atoms with Gasteiger partial charge in [0.1, 0.15) is 22.8 Å². The highest BCUT2D eigenvalue weighted by molar-refractivity contribution is 5.87. The van der Waals surface area contributed by atoms with Crippen LogP contribution in [0.3, 0.4) is 0 Å². The number of hydrogen-bond donors (Lipinski definition) is 1. The molecule has 0 aliphatic heterocycles. The second kappa shape index (κ2) is 6.33. The van der Waals surface area contributed by atoms with Gasteiger partial charge in [-0.15, -0.1) is 0 Å². The van der Waals surface area contributed by atoms with Crippen LogP contribution in [0.15, 0.2) is 46.9 Å². The molecule has 3 rings (SSSR count). The van der Waals surface area contributed by atoms with Crippen LogP contribution in [0, 0.1) is 0 Å². The molecule has 0 saturated heterocycles. The molecule has 1 unspecified atom stereocenters. The van der Waals surface area contributed by atoms with Gasteiger partial charge in [-0.3, -0.25) is 0 Å². The highest BCUT2D eigenvalue weighted by Gasteiger charge is 2.41. The maximum Gasteiger partial charge on any atom is 0.418 e. The minimum atomic E-state index is -4.81. The van der Waals surface area contributed by atoms with Crippen LogP contribution in [0.5, 0.6) is 11.5 Å². The summed E-state index contributed by atoms with van der Waals surface area (Å²) in [6.45, 7) is 0. The van der Waals surface area contributed by atoms with Crippen molar-refractivity contribution in [1.82, 2.24) is 0 Å². The predicted octanol–water partition coefficient (Wildman–Crippen LogP) is 4.71. The lowest BCUT2D eigenvalue weighted by Gasteiger charge is -2.15. The third-order valence-electron chi connectivity index (χ3n) is 3.83. The van der Waals surface area contributed by atoms with E-state index in [1.807, 2.05) is 0 Å². The summed E-state index contributed by atoms with van der Waals surface area (Å²) in [7, 11) is 2.88. The van der Waals surface area contributed by atoms with Gasteiger partial charge < -0.3 is 19.0 Å². The second-order valence-corrected chi connectivity index (χ2v) is 5.42. The summed E-state index contributed by atoms with van der Waals surface area (Å²) >= 11 is 0. The average molecular weight is 352 g/mol. The first-order chi connectivity index (χ1) is 11.8. The lowest BCUT2D eigenvalue weighted by atomic mass is 10.1. The van der Waals surface area contributed by atoms with Crippen LogP contribution < -0.4 is 9.47 Å². The summed E-state index contributed by atoms with van der Waals surface area (Å²) in [5.74, 6) is 1.23. The normalized spacial score (nSPS) is 13.0. The van der Waals surface area contributed by atoms with Crippen molar-refractivity contribution < 1.29 is 32.2 Å². The first kappa shape index (κ1) is 17.2. The number of halogens is 3. The topological polar surface area (TPSA) is 51.8 Å². The molecular formula is C18H15F3O4. The second-order valence-electron chi connectivity index (χ2n) is 5.42. The Bertz CT molecular complexity index is 882. The van der Waals surface area contributed by atoms with Gasteiger partial charge in [-0.25, -0.2) is 0 Å². The van der Waals surface area contributed by atoms with E-state index < -0.39 is 12.3 Å². The fourth-order valence-electron chi connectivity index (χ4n) is 2.55. The highest BCUT2D eigenvalue weighted by atomic mass is 19.4. The molecule has 1 atom stereocenters. The molecular weight excluding hydrogens is 337 g/mol. The fourth-order valence-corrected chi connectivity index (χ4v) is 2.55. The zero-order valence-electron chi connectivity index (χ0n) is 13.4. The van der Waals surface area contributed by atoms with E-state index in [2.05, 4.69) is 0 Å². The quantitative estimate of drug-likeness (QED) is 0.739. The van der Waals surface area contributed by atoms with Gasteiger partial charge in [-0.05, 0) is 42.5 Å². The molecule has 7 heteroatoms. The fraction of sp³-hybridized carbons (Fsp3) is 0.222.